The highest BCUT2D eigenvalue weighted by molar-refractivity contribution is 6.31. The summed E-state index contributed by atoms with van der Waals surface area (Å²) in [4.78, 5) is 15.6. The first-order valence-corrected chi connectivity index (χ1v) is 8.23. The van der Waals surface area contributed by atoms with Crippen LogP contribution in [0.2, 0.25) is 5.02 Å². The van der Waals surface area contributed by atoms with Crippen molar-refractivity contribution >= 4 is 29.1 Å². The molecule has 0 bridgehead atoms. The van der Waals surface area contributed by atoms with Crippen LogP contribution in [0.25, 0.3) is 0 Å². The average molecular weight is 389 g/mol. The minimum atomic E-state index is -4.51. The summed E-state index contributed by atoms with van der Waals surface area (Å²) < 4.78 is 43.9. The fourth-order valence-corrected chi connectivity index (χ4v) is 2.93. The van der Waals surface area contributed by atoms with E-state index in [-0.39, 0.29) is 11.1 Å². The maximum absolute atomic E-state index is 13.0. The zero-order valence-corrected chi connectivity index (χ0v) is 14.6. The van der Waals surface area contributed by atoms with Crippen molar-refractivity contribution in [2.24, 2.45) is 0 Å². The standard InChI is InChI=1S/C16H16ClF3N4O2/c1-10-8-14(22-26-10)21-15(25)24-6-4-23(5-7-24)11-2-3-13(17)12(9-11)16(18,19)20/h2-3,8-9H,4-7H2,1H3,(H,21,22,25). The molecule has 0 atom stereocenters. The lowest BCUT2D eigenvalue weighted by molar-refractivity contribution is -0.137. The number of carbonyl (C=O) groups excluding carboxylic acids is 1. The quantitative estimate of drug-likeness (QED) is 0.844. The van der Waals surface area contributed by atoms with Crippen LogP contribution in [0.5, 0.6) is 0 Å². The van der Waals surface area contributed by atoms with E-state index in [1.807, 2.05) is 0 Å². The molecule has 10 heteroatoms. The molecular formula is C16H16ClF3N4O2. The zero-order valence-electron chi connectivity index (χ0n) is 13.8. The van der Waals surface area contributed by atoms with Gasteiger partial charge < -0.3 is 14.3 Å². The number of rotatable bonds is 2. The van der Waals surface area contributed by atoms with Crippen LogP contribution in [-0.2, 0) is 6.18 Å². The van der Waals surface area contributed by atoms with Gasteiger partial charge in [-0.3, -0.25) is 5.32 Å². The highest BCUT2D eigenvalue weighted by Gasteiger charge is 2.34. The van der Waals surface area contributed by atoms with Crippen molar-refractivity contribution in [1.29, 1.82) is 0 Å². The number of benzene rings is 1. The van der Waals surface area contributed by atoms with Gasteiger partial charge in [0.25, 0.3) is 0 Å². The van der Waals surface area contributed by atoms with Crippen molar-refractivity contribution in [3.63, 3.8) is 0 Å². The van der Waals surface area contributed by atoms with Crippen LogP contribution < -0.4 is 10.2 Å². The second-order valence-corrected chi connectivity index (χ2v) is 6.30. The van der Waals surface area contributed by atoms with Crippen molar-refractivity contribution in [2.45, 2.75) is 13.1 Å². The third-order valence-corrected chi connectivity index (χ3v) is 4.38. The molecule has 2 amide bonds. The predicted octanol–water partition coefficient (Wildman–Crippen LogP) is 4.01. The SMILES string of the molecule is Cc1cc(NC(=O)N2CCN(c3ccc(Cl)c(C(F)(F)F)c3)CC2)no1. The number of hydrogen-bond acceptors (Lipinski definition) is 4. The lowest BCUT2D eigenvalue weighted by Gasteiger charge is -2.36. The predicted molar refractivity (Wildman–Crippen MR) is 90.5 cm³/mol. The summed E-state index contributed by atoms with van der Waals surface area (Å²) in [6.07, 6.45) is -4.51. The van der Waals surface area contributed by atoms with Gasteiger partial charge in [0, 0.05) is 37.9 Å². The molecule has 0 aliphatic carbocycles. The molecule has 1 fully saturated rings. The lowest BCUT2D eigenvalue weighted by atomic mass is 10.1. The van der Waals surface area contributed by atoms with Crippen LogP contribution in [0.15, 0.2) is 28.8 Å². The number of urea groups is 1. The first kappa shape index (κ1) is 18.4. The molecule has 0 unspecified atom stereocenters. The second kappa shape index (κ2) is 7.06. The number of alkyl halides is 3. The van der Waals surface area contributed by atoms with Crippen LogP contribution >= 0.6 is 11.6 Å². The molecule has 3 rings (SSSR count). The Bertz CT molecular complexity index is 801. The van der Waals surface area contributed by atoms with Crippen molar-refractivity contribution in [2.75, 3.05) is 36.4 Å². The Labute approximate surface area is 152 Å². The van der Waals surface area contributed by atoms with Gasteiger partial charge in [0.05, 0.1) is 10.6 Å². The van der Waals surface area contributed by atoms with Gasteiger partial charge in [0.1, 0.15) is 5.76 Å². The average Bonchev–Trinajstić information content (AvgIpc) is 2.99. The Morgan fingerprint density at radius 3 is 2.50 bits per heavy atom. The molecule has 2 heterocycles. The smallest absolute Gasteiger partial charge is 0.368 e. The first-order valence-electron chi connectivity index (χ1n) is 7.85. The Balaban J connectivity index is 1.62. The summed E-state index contributed by atoms with van der Waals surface area (Å²) in [5, 5.41) is 5.98. The fraction of sp³-hybridized carbons (Fsp3) is 0.375. The van der Waals surface area contributed by atoms with Crippen LogP contribution in [0.4, 0.5) is 29.5 Å². The summed E-state index contributed by atoms with van der Waals surface area (Å²) in [7, 11) is 0. The van der Waals surface area contributed by atoms with Gasteiger partial charge in [-0.15, -0.1) is 0 Å². The van der Waals surface area contributed by atoms with Gasteiger partial charge in [-0.05, 0) is 25.1 Å². The Morgan fingerprint density at radius 2 is 1.92 bits per heavy atom. The first-order chi connectivity index (χ1) is 12.2. The van der Waals surface area contributed by atoms with Crippen LogP contribution in [-0.4, -0.2) is 42.3 Å². The van der Waals surface area contributed by atoms with Crippen molar-refractivity contribution in [3.8, 4) is 0 Å². The van der Waals surface area contributed by atoms with E-state index in [4.69, 9.17) is 16.1 Å². The van der Waals surface area contributed by atoms with Gasteiger partial charge in [0.15, 0.2) is 5.82 Å². The van der Waals surface area contributed by atoms with E-state index in [0.717, 1.165) is 6.07 Å². The van der Waals surface area contributed by atoms with Crippen molar-refractivity contribution in [3.05, 3.63) is 40.6 Å². The number of nitrogens with zero attached hydrogens (tertiary/aromatic N) is 3. The number of halogens is 4. The van der Waals surface area contributed by atoms with Crippen LogP contribution in [0, 0.1) is 6.92 Å². The second-order valence-electron chi connectivity index (χ2n) is 5.89. The molecule has 1 aliphatic rings. The molecule has 1 aromatic heterocycles. The monoisotopic (exact) mass is 388 g/mol. The minimum Gasteiger partial charge on any atom is -0.368 e. The number of aryl methyl sites for hydroxylation is 1. The molecule has 6 nitrogen and oxygen atoms in total. The van der Waals surface area contributed by atoms with E-state index in [1.54, 1.807) is 28.9 Å². The Morgan fingerprint density at radius 1 is 1.23 bits per heavy atom. The fourth-order valence-electron chi connectivity index (χ4n) is 2.71. The molecule has 140 valence electrons. The number of aromatic nitrogens is 1. The molecule has 1 N–H and O–H groups in total. The highest BCUT2D eigenvalue weighted by Crippen LogP contribution is 2.37. The molecule has 1 aliphatic heterocycles. The third kappa shape index (κ3) is 4.04. The van der Waals surface area contributed by atoms with E-state index < -0.39 is 11.7 Å². The largest absolute Gasteiger partial charge is 0.417 e. The molecule has 1 saturated heterocycles. The Hall–Kier alpha value is -2.42. The van der Waals surface area contributed by atoms with Crippen LogP contribution in [0.3, 0.4) is 0 Å². The van der Waals surface area contributed by atoms with Gasteiger partial charge in [-0.2, -0.15) is 13.2 Å². The van der Waals surface area contributed by atoms with Crippen LogP contribution in [0.1, 0.15) is 11.3 Å². The number of hydrogen-bond donors (Lipinski definition) is 1. The number of anilines is 2. The maximum Gasteiger partial charge on any atom is 0.417 e. The molecule has 26 heavy (non-hydrogen) atoms. The number of piperazine rings is 1. The summed E-state index contributed by atoms with van der Waals surface area (Å²) in [6, 6.07) is 5.10. The minimum absolute atomic E-state index is 0.322. The molecule has 0 saturated carbocycles. The summed E-state index contributed by atoms with van der Waals surface area (Å²) in [5.74, 6) is 0.899. The maximum atomic E-state index is 13.0. The molecule has 0 radical (unpaired) electrons. The lowest BCUT2D eigenvalue weighted by Crippen LogP contribution is -2.50. The van der Waals surface area contributed by atoms with Crippen molar-refractivity contribution < 1.29 is 22.5 Å². The Kier molecular flexibility index (Phi) is 4.99. The van der Waals surface area contributed by atoms with Gasteiger partial charge >= 0.3 is 12.2 Å². The molecule has 0 spiro atoms. The molecule has 1 aromatic carbocycles. The zero-order chi connectivity index (χ0) is 18.9. The van der Waals surface area contributed by atoms with E-state index in [2.05, 4.69) is 10.5 Å². The normalized spacial score (nSPS) is 15.3. The van der Waals surface area contributed by atoms with E-state index in [1.165, 1.54) is 6.07 Å². The highest BCUT2D eigenvalue weighted by atomic mass is 35.5. The van der Waals surface area contributed by atoms with Crippen molar-refractivity contribution in [1.82, 2.24) is 10.1 Å². The molecule has 2 aromatic rings. The van der Waals surface area contributed by atoms with E-state index in [9.17, 15) is 18.0 Å². The number of carbonyl (C=O) groups is 1. The number of nitrogens with one attached hydrogen (secondary N) is 1. The van der Waals surface area contributed by atoms with E-state index >= 15 is 0 Å². The molecular weight excluding hydrogens is 373 g/mol. The topological polar surface area (TPSA) is 61.6 Å². The summed E-state index contributed by atoms with van der Waals surface area (Å²) in [5.41, 5.74) is -0.438. The van der Waals surface area contributed by atoms with Gasteiger partial charge in [-0.1, -0.05) is 16.8 Å². The van der Waals surface area contributed by atoms with E-state index in [0.29, 0.717) is 43.4 Å². The van der Waals surface area contributed by atoms with Gasteiger partial charge in [-0.25, -0.2) is 4.79 Å². The van der Waals surface area contributed by atoms with Gasteiger partial charge in [0.2, 0.25) is 0 Å². The third-order valence-electron chi connectivity index (χ3n) is 4.05. The summed E-state index contributed by atoms with van der Waals surface area (Å²) >= 11 is 5.65. The summed E-state index contributed by atoms with van der Waals surface area (Å²) in [6.45, 7) is 3.26. The number of amides is 2.